The normalized spacial score (nSPS) is 39.8. The fraction of sp³-hybridized carbons (Fsp3) is 0.920. The van der Waals surface area contributed by atoms with E-state index in [4.69, 9.17) is 10.5 Å². The fourth-order valence-corrected chi connectivity index (χ4v) is 7.19. The van der Waals surface area contributed by atoms with Crippen LogP contribution in [0.25, 0.3) is 0 Å². The van der Waals surface area contributed by atoms with Crippen LogP contribution < -0.4 is 27.1 Å². The summed E-state index contributed by atoms with van der Waals surface area (Å²) in [4.78, 5) is 33.1. The lowest BCUT2D eigenvalue weighted by Crippen LogP contribution is -2.68. The van der Waals surface area contributed by atoms with Gasteiger partial charge in [-0.1, -0.05) is 0 Å². The summed E-state index contributed by atoms with van der Waals surface area (Å²) in [5.74, 6) is -0.630. The predicted molar refractivity (Wildman–Crippen MR) is 139 cm³/mol. The van der Waals surface area contributed by atoms with E-state index in [-0.39, 0.29) is 37.4 Å². The van der Waals surface area contributed by atoms with Gasteiger partial charge in [0.2, 0.25) is 11.8 Å². The zero-order valence-electron chi connectivity index (χ0n) is 22.4. The molecule has 39 heavy (non-hydrogen) atoms. The van der Waals surface area contributed by atoms with E-state index in [2.05, 4.69) is 31.2 Å². The third-order valence-electron chi connectivity index (χ3n) is 9.50. The zero-order chi connectivity index (χ0) is 27.1. The quantitative estimate of drug-likeness (QED) is 0.240. The van der Waals surface area contributed by atoms with Crippen LogP contribution in [0.2, 0.25) is 0 Å². The highest BCUT2D eigenvalue weighted by atomic mass is 19.1. The minimum atomic E-state index is -1.15. The first-order valence-electron chi connectivity index (χ1n) is 14.5. The maximum atomic E-state index is 15.3. The number of piperidine rings is 2. The second kappa shape index (κ2) is 11.8. The molecule has 2 amide bonds. The van der Waals surface area contributed by atoms with Gasteiger partial charge in [0.05, 0.1) is 49.6 Å². The second-order valence-electron chi connectivity index (χ2n) is 11.9. The molecule has 0 aromatic rings. The van der Waals surface area contributed by atoms with Gasteiger partial charge < -0.3 is 26.0 Å². The lowest BCUT2D eigenvalue weighted by atomic mass is 9.93. The maximum absolute atomic E-state index is 15.3. The van der Waals surface area contributed by atoms with E-state index >= 15 is 4.39 Å². The number of carbonyl (C=O) groups excluding carboxylic acids is 2. The van der Waals surface area contributed by atoms with Crippen molar-refractivity contribution in [2.45, 2.75) is 55.6 Å². The molecule has 0 saturated carbocycles. The summed E-state index contributed by atoms with van der Waals surface area (Å²) >= 11 is 0. The van der Waals surface area contributed by atoms with E-state index in [1.165, 1.54) is 0 Å². The van der Waals surface area contributed by atoms with Gasteiger partial charge in [-0.2, -0.15) is 0 Å². The lowest BCUT2D eigenvalue weighted by molar-refractivity contribution is -0.141. The number of alkyl halides is 2. The van der Waals surface area contributed by atoms with Crippen LogP contribution in [0.1, 0.15) is 12.8 Å². The van der Waals surface area contributed by atoms with Crippen molar-refractivity contribution in [3.63, 3.8) is 0 Å². The molecule has 220 valence electrons. The molecular weight excluding hydrogens is 512 g/mol. The molecule has 0 aromatic carbocycles. The number of nitrogens with one attached hydrogen (secondary N) is 4. The molecule has 14 heteroatoms. The van der Waals surface area contributed by atoms with Crippen LogP contribution in [-0.4, -0.2) is 153 Å². The average Bonchev–Trinajstić information content (AvgIpc) is 3.23. The molecule has 7 atom stereocenters. The molecule has 6 rings (SSSR count). The summed E-state index contributed by atoms with van der Waals surface area (Å²) in [7, 11) is 0. The Morgan fingerprint density at radius 2 is 1.69 bits per heavy atom. The van der Waals surface area contributed by atoms with Crippen molar-refractivity contribution >= 4 is 11.8 Å². The highest BCUT2D eigenvalue weighted by Crippen LogP contribution is 2.26. The molecule has 0 spiro atoms. The number of piperazine rings is 1. The number of hydrogen-bond acceptors (Lipinski definition) is 10. The van der Waals surface area contributed by atoms with Crippen LogP contribution >= 0.6 is 0 Å². The van der Waals surface area contributed by atoms with Crippen molar-refractivity contribution in [3.8, 4) is 0 Å². The molecule has 0 bridgehead atoms. The minimum Gasteiger partial charge on any atom is -0.378 e. The number of nitrogens with zero attached hydrogens (tertiary/aromatic N) is 4. The topological polar surface area (TPSA) is 130 Å². The number of rotatable bonds is 5. The van der Waals surface area contributed by atoms with Crippen molar-refractivity contribution in [1.82, 2.24) is 41.1 Å². The van der Waals surface area contributed by atoms with Crippen LogP contribution in [0.4, 0.5) is 8.78 Å². The SMILES string of the molecule is NC1NN2CC(F)CNC2C1C(=O)NC1CNCC(F)C1N1CCN(C(=O)C2CCN(C3COC3)CC2)CC1. The molecule has 6 N–H and O–H groups in total. The predicted octanol–water partition coefficient (Wildman–Crippen LogP) is -2.98. The number of halogens is 2. The van der Waals surface area contributed by atoms with Crippen LogP contribution in [0.5, 0.6) is 0 Å². The van der Waals surface area contributed by atoms with E-state index in [9.17, 15) is 14.0 Å². The molecule has 12 nitrogen and oxygen atoms in total. The third kappa shape index (κ3) is 5.67. The summed E-state index contributed by atoms with van der Waals surface area (Å²) in [6.07, 6.45) is -1.51. The number of fused-ring (bicyclic) bond motifs is 1. The summed E-state index contributed by atoms with van der Waals surface area (Å²) < 4.78 is 34.5. The van der Waals surface area contributed by atoms with E-state index in [0.717, 1.165) is 39.1 Å². The first kappa shape index (κ1) is 27.6. The maximum Gasteiger partial charge on any atom is 0.229 e. The van der Waals surface area contributed by atoms with Crippen molar-refractivity contribution in [1.29, 1.82) is 0 Å². The zero-order valence-corrected chi connectivity index (χ0v) is 22.4. The van der Waals surface area contributed by atoms with E-state index in [1.807, 2.05) is 4.90 Å². The van der Waals surface area contributed by atoms with E-state index < -0.39 is 42.7 Å². The van der Waals surface area contributed by atoms with Gasteiger partial charge in [-0.15, -0.1) is 0 Å². The number of ether oxygens (including phenoxy) is 1. The summed E-state index contributed by atoms with van der Waals surface area (Å²) in [5, 5.41) is 10.9. The van der Waals surface area contributed by atoms with E-state index in [0.29, 0.717) is 38.8 Å². The molecule has 0 aromatic heterocycles. The second-order valence-corrected chi connectivity index (χ2v) is 11.9. The van der Waals surface area contributed by atoms with Crippen molar-refractivity contribution < 1.29 is 23.1 Å². The molecule has 0 aliphatic carbocycles. The number of likely N-dealkylation sites (tertiary alicyclic amines) is 1. The number of carbonyl (C=O) groups is 2. The Labute approximate surface area is 228 Å². The molecule has 6 aliphatic rings. The number of hydrogen-bond donors (Lipinski definition) is 5. The van der Waals surface area contributed by atoms with Gasteiger partial charge in [0.15, 0.2) is 0 Å². The van der Waals surface area contributed by atoms with Crippen molar-refractivity contribution in [2.24, 2.45) is 17.6 Å². The van der Waals surface area contributed by atoms with Crippen LogP contribution in [0.15, 0.2) is 0 Å². The first-order chi connectivity index (χ1) is 18.9. The van der Waals surface area contributed by atoms with Crippen molar-refractivity contribution in [3.05, 3.63) is 0 Å². The molecular formula is C25H43F2N9O3. The number of nitrogens with two attached hydrogens (primary N) is 1. The van der Waals surface area contributed by atoms with Gasteiger partial charge in [0.1, 0.15) is 12.3 Å². The minimum absolute atomic E-state index is 0.0542. The highest BCUT2D eigenvalue weighted by molar-refractivity contribution is 5.81. The molecule has 6 fully saturated rings. The van der Waals surface area contributed by atoms with Gasteiger partial charge in [0.25, 0.3) is 0 Å². The molecule has 6 aliphatic heterocycles. The van der Waals surface area contributed by atoms with Crippen LogP contribution in [0.3, 0.4) is 0 Å². The van der Waals surface area contributed by atoms with Crippen LogP contribution in [0, 0.1) is 11.8 Å². The highest BCUT2D eigenvalue weighted by Gasteiger charge is 2.49. The first-order valence-corrected chi connectivity index (χ1v) is 14.5. The standard InChI is InChI=1S/C25H43F2N9O3/c26-16-9-30-23-20(22(28)32-36(23)12-16)24(37)31-19-11-29-10-18(27)21(19)34-5-7-35(8-6-34)25(38)15-1-3-33(4-2-15)17-13-39-14-17/h15-23,29-30,32H,1-14,28H2,(H,31,37). The summed E-state index contributed by atoms with van der Waals surface area (Å²) in [5.41, 5.74) is 9.21. The fourth-order valence-electron chi connectivity index (χ4n) is 7.19. The summed E-state index contributed by atoms with van der Waals surface area (Å²) in [6.45, 7) is 6.74. The van der Waals surface area contributed by atoms with E-state index in [1.54, 1.807) is 5.01 Å². The van der Waals surface area contributed by atoms with Gasteiger partial charge in [-0.3, -0.25) is 24.7 Å². The number of amides is 2. The smallest absolute Gasteiger partial charge is 0.229 e. The Hall–Kier alpha value is -1.52. The van der Waals surface area contributed by atoms with Crippen molar-refractivity contribution in [2.75, 3.05) is 78.7 Å². The summed E-state index contributed by atoms with van der Waals surface area (Å²) in [6, 6.07) is -0.420. The molecule has 0 radical (unpaired) electrons. The lowest BCUT2D eigenvalue weighted by Gasteiger charge is -2.47. The molecule has 6 saturated heterocycles. The molecule has 7 unspecified atom stereocenters. The Balaban J connectivity index is 1.02. The Morgan fingerprint density at radius 3 is 2.38 bits per heavy atom. The Bertz CT molecular complexity index is 885. The number of hydrazine groups is 1. The Morgan fingerprint density at radius 1 is 0.949 bits per heavy atom. The van der Waals surface area contributed by atoms with Gasteiger partial charge in [0, 0.05) is 58.3 Å². The van der Waals surface area contributed by atoms with Gasteiger partial charge in [-0.25, -0.2) is 19.2 Å². The van der Waals surface area contributed by atoms with Gasteiger partial charge >= 0.3 is 0 Å². The molecule has 6 heterocycles. The monoisotopic (exact) mass is 555 g/mol. The Kier molecular flexibility index (Phi) is 8.34. The third-order valence-corrected chi connectivity index (χ3v) is 9.50. The average molecular weight is 556 g/mol. The van der Waals surface area contributed by atoms with Gasteiger partial charge in [-0.05, 0) is 25.9 Å². The van der Waals surface area contributed by atoms with Crippen LogP contribution in [-0.2, 0) is 14.3 Å². The largest absolute Gasteiger partial charge is 0.378 e.